The minimum absolute atomic E-state index is 0.0224. The highest BCUT2D eigenvalue weighted by Crippen LogP contribution is 2.31. The van der Waals surface area contributed by atoms with Crippen LogP contribution in [0.5, 0.6) is 0 Å². The zero-order valence-corrected chi connectivity index (χ0v) is 19.2. The summed E-state index contributed by atoms with van der Waals surface area (Å²) in [6.07, 6.45) is 7.97. The third-order valence-electron chi connectivity index (χ3n) is 5.55. The molecule has 0 aliphatic carbocycles. The number of nitrogens with one attached hydrogen (secondary N) is 3. The van der Waals surface area contributed by atoms with Crippen LogP contribution in [0, 0.1) is 0 Å². The summed E-state index contributed by atoms with van der Waals surface area (Å²) >= 11 is 1.61. The Morgan fingerprint density at radius 2 is 1.97 bits per heavy atom. The van der Waals surface area contributed by atoms with Gasteiger partial charge >= 0.3 is 0 Å². The Labute approximate surface area is 191 Å². The molecular weight excluding hydrogens is 420 g/mol. The van der Waals surface area contributed by atoms with Crippen LogP contribution in [-0.4, -0.2) is 33.2 Å². The van der Waals surface area contributed by atoms with Crippen molar-refractivity contribution in [1.82, 2.24) is 20.3 Å². The monoisotopic (exact) mass is 448 g/mol. The zero-order chi connectivity index (χ0) is 22.5. The van der Waals surface area contributed by atoms with E-state index < -0.39 is 0 Å². The van der Waals surface area contributed by atoms with E-state index in [1.165, 1.54) is 15.8 Å². The number of H-pyrrole nitrogens is 2. The summed E-state index contributed by atoms with van der Waals surface area (Å²) in [6, 6.07) is 10.1. The summed E-state index contributed by atoms with van der Waals surface area (Å²) in [7, 11) is 0. The summed E-state index contributed by atoms with van der Waals surface area (Å²) < 4.78 is 0. The van der Waals surface area contributed by atoms with Crippen LogP contribution in [0.3, 0.4) is 0 Å². The summed E-state index contributed by atoms with van der Waals surface area (Å²) in [5.41, 5.74) is 3.73. The predicted molar refractivity (Wildman–Crippen MR) is 129 cm³/mol. The molecule has 0 spiro atoms. The van der Waals surface area contributed by atoms with Crippen molar-refractivity contribution in [3.05, 3.63) is 65.1 Å². The maximum Gasteiger partial charge on any atom is 0.220 e. The van der Waals surface area contributed by atoms with Crippen LogP contribution in [-0.2, 0) is 11.2 Å². The average Bonchev–Trinajstić information content (AvgIpc) is 3.53. The molecule has 4 rings (SSSR count). The zero-order valence-electron chi connectivity index (χ0n) is 18.4. The molecule has 3 aromatic heterocycles. The number of para-hydroxylation sites is 1. The quantitative estimate of drug-likeness (QED) is 0.282. The van der Waals surface area contributed by atoms with Crippen LogP contribution >= 0.6 is 11.3 Å². The average molecular weight is 449 g/mol. The molecule has 0 aliphatic rings. The lowest BCUT2D eigenvalue weighted by Crippen LogP contribution is -2.26. The van der Waals surface area contributed by atoms with Crippen LogP contribution in [0.2, 0.25) is 0 Å². The van der Waals surface area contributed by atoms with Crippen molar-refractivity contribution >= 4 is 33.9 Å². The van der Waals surface area contributed by atoms with Crippen molar-refractivity contribution in [1.29, 1.82) is 0 Å². The molecule has 0 saturated carbocycles. The van der Waals surface area contributed by atoms with Crippen LogP contribution in [0.4, 0.5) is 0 Å². The fraction of sp³-hybridized carbons (Fsp3) is 0.320. The lowest BCUT2D eigenvalue weighted by atomic mass is 10.1. The predicted octanol–water partition coefficient (Wildman–Crippen LogP) is 5.45. The lowest BCUT2D eigenvalue weighted by Gasteiger charge is -2.05. The van der Waals surface area contributed by atoms with E-state index in [9.17, 15) is 9.59 Å². The number of aryl methyl sites for hydroxylation is 1. The molecular formula is C25H28N4O2S. The third kappa shape index (κ3) is 4.99. The second kappa shape index (κ2) is 9.96. The number of fused-ring (bicyclic) bond motifs is 1. The van der Waals surface area contributed by atoms with Gasteiger partial charge in [-0.1, -0.05) is 32.0 Å². The Bertz CT molecular complexity index is 1220. The number of rotatable bonds is 10. The summed E-state index contributed by atoms with van der Waals surface area (Å²) in [5.74, 6) is 0.363. The Kier molecular flexibility index (Phi) is 6.85. The molecule has 1 amide bonds. The SMILES string of the molecule is CC(C)c1cnc(-c2cc[nH]c2C(=O)CCNC(=O)CCCc2c[nH]c3ccccc23)s1. The Morgan fingerprint density at radius 3 is 2.78 bits per heavy atom. The molecule has 0 aliphatic heterocycles. The maximum atomic E-state index is 12.7. The van der Waals surface area contributed by atoms with Crippen molar-refractivity contribution in [2.24, 2.45) is 0 Å². The van der Waals surface area contributed by atoms with E-state index in [0.29, 0.717) is 24.6 Å². The van der Waals surface area contributed by atoms with Crippen molar-refractivity contribution in [3.63, 3.8) is 0 Å². The fourth-order valence-corrected chi connectivity index (χ4v) is 4.71. The molecule has 0 unspecified atom stereocenters. The van der Waals surface area contributed by atoms with Gasteiger partial charge in [0.2, 0.25) is 5.91 Å². The fourth-order valence-electron chi connectivity index (χ4n) is 3.76. The maximum absolute atomic E-state index is 12.7. The number of hydrogen-bond acceptors (Lipinski definition) is 4. The first-order chi connectivity index (χ1) is 15.5. The minimum Gasteiger partial charge on any atom is -0.361 e. The van der Waals surface area contributed by atoms with Crippen LogP contribution in [0.1, 0.15) is 60.0 Å². The van der Waals surface area contributed by atoms with Gasteiger partial charge in [0.1, 0.15) is 5.01 Å². The molecule has 0 bridgehead atoms. The standard InChI is InChI=1S/C25H28N4O2S/c1-16(2)22-15-29-25(32-22)19-10-12-27-24(19)21(30)11-13-26-23(31)9-5-6-17-14-28-20-8-4-3-7-18(17)20/h3-4,7-8,10,12,14-16,27-28H,5-6,9,11,13H2,1-2H3,(H,26,31). The van der Waals surface area contributed by atoms with Crippen molar-refractivity contribution in [2.75, 3.05) is 6.54 Å². The second-order valence-corrected chi connectivity index (χ2v) is 9.29. The molecule has 6 nitrogen and oxygen atoms in total. The van der Waals surface area contributed by atoms with Gasteiger partial charge < -0.3 is 15.3 Å². The van der Waals surface area contributed by atoms with Crippen molar-refractivity contribution < 1.29 is 9.59 Å². The number of nitrogens with zero attached hydrogens (tertiary/aromatic N) is 1. The molecule has 0 fully saturated rings. The first-order valence-electron chi connectivity index (χ1n) is 11.0. The van der Waals surface area contributed by atoms with Gasteiger partial charge in [-0.25, -0.2) is 4.98 Å². The number of thiazole rings is 1. The summed E-state index contributed by atoms with van der Waals surface area (Å²) in [4.78, 5) is 36.9. The van der Waals surface area contributed by atoms with Gasteiger partial charge in [0, 0.05) is 59.3 Å². The Hall–Kier alpha value is -3.19. The number of amides is 1. The third-order valence-corrected chi connectivity index (χ3v) is 6.88. The van der Waals surface area contributed by atoms with Gasteiger partial charge in [0.25, 0.3) is 0 Å². The second-order valence-electron chi connectivity index (χ2n) is 8.23. The van der Waals surface area contributed by atoms with Gasteiger partial charge in [0.15, 0.2) is 5.78 Å². The van der Waals surface area contributed by atoms with Crippen molar-refractivity contribution in [2.45, 2.75) is 45.4 Å². The normalized spacial score (nSPS) is 11.3. The Morgan fingerprint density at radius 1 is 1.12 bits per heavy atom. The summed E-state index contributed by atoms with van der Waals surface area (Å²) in [5, 5.41) is 4.93. The van der Waals surface area contributed by atoms with Gasteiger partial charge in [-0.05, 0) is 36.5 Å². The summed E-state index contributed by atoms with van der Waals surface area (Å²) in [6.45, 7) is 4.59. The molecule has 7 heteroatoms. The molecule has 0 radical (unpaired) electrons. The number of carbonyl (C=O) groups excluding carboxylic acids is 2. The van der Waals surface area contributed by atoms with E-state index in [0.717, 1.165) is 28.9 Å². The van der Waals surface area contributed by atoms with E-state index in [-0.39, 0.29) is 18.1 Å². The first-order valence-corrected chi connectivity index (χ1v) is 11.8. The van der Waals surface area contributed by atoms with Gasteiger partial charge in [0.05, 0.1) is 5.69 Å². The van der Waals surface area contributed by atoms with E-state index in [1.54, 1.807) is 17.5 Å². The van der Waals surface area contributed by atoms with E-state index in [4.69, 9.17) is 0 Å². The van der Waals surface area contributed by atoms with Gasteiger partial charge in [-0.15, -0.1) is 11.3 Å². The highest BCUT2D eigenvalue weighted by molar-refractivity contribution is 7.15. The molecule has 3 N–H and O–H groups in total. The molecule has 4 aromatic rings. The largest absolute Gasteiger partial charge is 0.361 e. The Balaban J connectivity index is 1.23. The highest BCUT2D eigenvalue weighted by atomic mass is 32.1. The van der Waals surface area contributed by atoms with Crippen LogP contribution < -0.4 is 5.32 Å². The smallest absolute Gasteiger partial charge is 0.220 e. The number of hydrogen-bond donors (Lipinski definition) is 3. The molecule has 32 heavy (non-hydrogen) atoms. The first kappa shape index (κ1) is 22.0. The van der Waals surface area contributed by atoms with Crippen LogP contribution in [0.15, 0.2) is 48.9 Å². The molecule has 0 saturated heterocycles. The molecule has 3 heterocycles. The number of aromatic amines is 2. The number of carbonyl (C=O) groups is 2. The van der Waals surface area contributed by atoms with Gasteiger partial charge in [-0.2, -0.15) is 0 Å². The highest BCUT2D eigenvalue weighted by Gasteiger charge is 2.17. The van der Waals surface area contributed by atoms with Crippen molar-refractivity contribution in [3.8, 4) is 10.6 Å². The molecule has 0 atom stereocenters. The number of benzene rings is 1. The number of ketones is 1. The van der Waals surface area contributed by atoms with E-state index in [1.807, 2.05) is 30.6 Å². The minimum atomic E-state index is -0.0228. The van der Waals surface area contributed by atoms with Crippen LogP contribution in [0.25, 0.3) is 21.5 Å². The number of aromatic nitrogens is 3. The molecule has 1 aromatic carbocycles. The van der Waals surface area contributed by atoms with E-state index >= 15 is 0 Å². The number of Topliss-reactive ketones (excluding diaryl/α,β-unsaturated/α-hetero) is 1. The topological polar surface area (TPSA) is 90.6 Å². The lowest BCUT2D eigenvalue weighted by molar-refractivity contribution is -0.121. The van der Waals surface area contributed by atoms with E-state index in [2.05, 4.69) is 46.2 Å². The van der Waals surface area contributed by atoms with Gasteiger partial charge in [-0.3, -0.25) is 9.59 Å². The molecule has 166 valence electrons.